The van der Waals surface area contributed by atoms with Crippen molar-refractivity contribution in [3.8, 4) is 0 Å². The smallest absolute Gasteiger partial charge is 0.0757 e. The molecule has 17 heavy (non-hydrogen) atoms. The zero-order valence-electron chi connectivity index (χ0n) is 11.5. The first-order chi connectivity index (χ1) is 7.70. The maximum atomic E-state index is 10.1. The van der Waals surface area contributed by atoms with Gasteiger partial charge in [-0.1, -0.05) is 19.1 Å². The van der Waals surface area contributed by atoms with Gasteiger partial charge in [0, 0.05) is 0 Å². The molecule has 0 saturated heterocycles. The Morgan fingerprint density at radius 1 is 1.47 bits per heavy atom. The Hall–Kier alpha value is -0.760. The maximum absolute atomic E-state index is 10.1. The third-order valence-corrected chi connectivity index (χ3v) is 4.40. The van der Waals surface area contributed by atoms with Crippen molar-refractivity contribution in [3.63, 3.8) is 0 Å². The number of aliphatic hydroxyl groups is 2. The topological polar surface area (TPSA) is 40.5 Å². The molecule has 1 saturated carbocycles. The molecule has 98 valence electrons. The highest BCUT2D eigenvalue weighted by molar-refractivity contribution is 5.13. The molecule has 3 atom stereocenters. The third-order valence-electron chi connectivity index (χ3n) is 4.40. The van der Waals surface area contributed by atoms with E-state index in [1.165, 1.54) is 0 Å². The zero-order valence-corrected chi connectivity index (χ0v) is 11.5. The molecule has 2 heteroatoms. The van der Waals surface area contributed by atoms with Gasteiger partial charge in [0.25, 0.3) is 0 Å². The van der Waals surface area contributed by atoms with E-state index < -0.39 is 5.60 Å². The highest BCUT2D eigenvalue weighted by atomic mass is 16.3. The molecule has 0 heterocycles. The fourth-order valence-electron chi connectivity index (χ4n) is 3.11. The average molecular weight is 238 g/mol. The van der Waals surface area contributed by atoms with Gasteiger partial charge in [-0.2, -0.15) is 0 Å². The summed E-state index contributed by atoms with van der Waals surface area (Å²) in [5.74, 6) is 0.639. The highest BCUT2D eigenvalue weighted by Crippen LogP contribution is 2.49. The monoisotopic (exact) mass is 238 g/mol. The van der Waals surface area contributed by atoms with Crippen molar-refractivity contribution in [1.29, 1.82) is 0 Å². The summed E-state index contributed by atoms with van der Waals surface area (Å²) < 4.78 is 0. The second kappa shape index (κ2) is 4.85. The fourth-order valence-corrected chi connectivity index (χ4v) is 3.11. The lowest BCUT2D eigenvalue weighted by molar-refractivity contribution is -0.0247. The van der Waals surface area contributed by atoms with Crippen molar-refractivity contribution in [3.05, 3.63) is 24.5 Å². The number of allylic oxidation sites excluding steroid dienone is 2. The zero-order chi connectivity index (χ0) is 13.3. The van der Waals surface area contributed by atoms with Crippen LogP contribution in [-0.4, -0.2) is 15.8 Å². The molecule has 0 amide bonds. The number of rotatable bonds is 3. The van der Waals surface area contributed by atoms with Gasteiger partial charge in [-0.3, -0.25) is 0 Å². The summed E-state index contributed by atoms with van der Waals surface area (Å²) in [6, 6.07) is 0. The van der Waals surface area contributed by atoms with Crippen LogP contribution in [0.5, 0.6) is 0 Å². The number of hydrogen-bond donors (Lipinski definition) is 2. The summed E-state index contributed by atoms with van der Waals surface area (Å²) in [5, 5.41) is 19.2. The van der Waals surface area contributed by atoms with Gasteiger partial charge in [0.15, 0.2) is 0 Å². The molecule has 3 unspecified atom stereocenters. The minimum Gasteiger partial charge on any atom is -0.516 e. The molecule has 0 spiro atoms. The SMILES string of the molecule is C=C(C)C1CC(C(C)(C)O)CCC1(C)C=CO. The average Bonchev–Trinajstić information content (AvgIpc) is 2.15. The van der Waals surface area contributed by atoms with Crippen molar-refractivity contribution in [2.75, 3.05) is 0 Å². The molecule has 1 aliphatic rings. The minimum absolute atomic E-state index is 0.0255. The number of aliphatic hydroxyl groups excluding tert-OH is 1. The van der Waals surface area contributed by atoms with E-state index in [1.807, 2.05) is 26.8 Å². The van der Waals surface area contributed by atoms with Crippen LogP contribution >= 0.6 is 0 Å². The van der Waals surface area contributed by atoms with Crippen LogP contribution in [0.2, 0.25) is 0 Å². The first-order valence-corrected chi connectivity index (χ1v) is 6.40. The molecule has 0 bridgehead atoms. The lowest BCUT2D eigenvalue weighted by Gasteiger charge is -2.46. The van der Waals surface area contributed by atoms with Gasteiger partial charge in [-0.15, -0.1) is 0 Å². The molecular weight excluding hydrogens is 212 g/mol. The number of hydrogen-bond acceptors (Lipinski definition) is 2. The maximum Gasteiger partial charge on any atom is 0.0757 e. The van der Waals surface area contributed by atoms with Gasteiger partial charge in [0.1, 0.15) is 0 Å². The minimum atomic E-state index is -0.627. The van der Waals surface area contributed by atoms with E-state index in [9.17, 15) is 5.11 Å². The lowest BCUT2D eigenvalue weighted by Crippen LogP contribution is -2.41. The fraction of sp³-hybridized carbons (Fsp3) is 0.733. The Bertz CT molecular complexity index is 311. The summed E-state index contributed by atoms with van der Waals surface area (Å²) in [4.78, 5) is 0. The molecule has 2 N–H and O–H groups in total. The van der Waals surface area contributed by atoms with E-state index in [-0.39, 0.29) is 5.41 Å². The van der Waals surface area contributed by atoms with Crippen LogP contribution < -0.4 is 0 Å². The molecule has 1 rings (SSSR count). The molecule has 0 radical (unpaired) electrons. The van der Waals surface area contributed by atoms with E-state index in [2.05, 4.69) is 13.5 Å². The Morgan fingerprint density at radius 2 is 2.06 bits per heavy atom. The highest BCUT2D eigenvalue weighted by Gasteiger charge is 2.42. The predicted molar refractivity (Wildman–Crippen MR) is 71.8 cm³/mol. The summed E-state index contributed by atoms with van der Waals surface area (Å²) in [6.45, 7) is 12.1. The quantitative estimate of drug-likeness (QED) is 0.579. The lowest BCUT2D eigenvalue weighted by atomic mass is 9.60. The second-order valence-corrected chi connectivity index (χ2v) is 6.35. The summed E-state index contributed by atoms with van der Waals surface area (Å²) in [6.07, 6.45) is 5.96. The van der Waals surface area contributed by atoms with Crippen molar-refractivity contribution in [1.82, 2.24) is 0 Å². The van der Waals surface area contributed by atoms with Gasteiger partial charge in [-0.05, 0) is 63.4 Å². The molecule has 1 aliphatic carbocycles. The first kappa shape index (κ1) is 14.3. The molecule has 2 nitrogen and oxygen atoms in total. The first-order valence-electron chi connectivity index (χ1n) is 6.40. The molecule has 0 aromatic carbocycles. The van der Waals surface area contributed by atoms with E-state index in [0.29, 0.717) is 11.8 Å². The molecule has 0 aromatic rings. The molecule has 0 aliphatic heterocycles. The van der Waals surface area contributed by atoms with Crippen molar-refractivity contribution >= 4 is 0 Å². The van der Waals surface area contributed by atoms with Crippen LogP contribution in [0.3, 0.4) is 0 Å². The van der Waals surface area contributed by atoms with Crippen molar-refractivity contribution in [2.24, 2.45) is 17.3 Å². The predicted octanol–water partition coefficient (Wildman–Crippen LogP) is 3.83. The van der Waals surface area contributed by atoms with Crippen molar-refractivity contribution in [2.45, 2.75) is 52.6 Å². The van der Waals surface area contributed by atoms with E-state index in [0.717, 1.165) is 31.1 Å². The van der Waals surface area contributed by atoms with Gasteiger partial charge >= 0.3 is 0 Å². The van der Waals surface area contributed by atoms with Crippen LogP contribution in [0, 0.1) is 17.3 Å². The van der Waals surface area contributed by atoms with E-state index in [4.69, 9.17) is 5.11 Å². The summed E-state index contributed by atoms with van der Waals surface area (Å²) in [5.41, 5.74) is 0.486. The molecule has 1 fully saturated rings. The Kier molecular flexibility index (Phi) is 4.08. The summed E-state index contributed by atoms with van der Waals surface area (Å²) in [7, 11) is 0. The van der Waals surface area contributed by atoms with Crippen LogP contribution in [0.1, 0.15) is 47.0 Å². The Morgan fingerprint density at radius 3 is 2.47 bits per heavy atom. The van der Waals surface area contributed by atoms with Gasteiger partial charge in [0.05, 0.1) is 11.9 Å². The molecule has 0 aromatic heterocycles. The Balaban J connectivity index is 2.93. The van der Waals surface area contributed by atoms with E-state index >= 15 is 0 Å². The largest absolute Gasteiger partial charge is 0.516 e. The molecular formula is C15H26O2. The normalized spacial score (nSPS) is 35.1. The standard InChI is InChI=1S/C15H26O2/c1-11(2)13-10-12(14(3,4)17)6-7-15(13,5)8-9-16/h8-9,12-13,16-17H,1,6-7,10H2,2-5H3. The summed E-state index contributed by atoms with van der Waals surface area (Å²) >= 11 is 0. The van der Waals surface area contributed by atoms with Gasteiger partial charge in [0.2, 0.25) is 0 Å². The van der Waals surface area contributed by atoms with Gasteiger partial charge < -0.3 is 10.2 Å². The second-order valence-electron chi connectivity index (χ2n) is 6.35. The van der Waals surface area contributed by atoms with Crippen LogP contribution in [0.15, 0.2) is 24.5 Å². The van der Waals surface area contributed by atoms with Gasteiger partial charge in [-0.25, -0.2) is 0 Å². The van der Waals surface area contributed by atoms with Crippen LogP contribution in [0.25, 0.3) is 0 Å². The van der Waals surface area contributed by atoms with Crippen LogP contribution in [0.4, 0.5) is 0 Å². The van der Waals surface area contributed by atoms with E-state index in [1.54, 1.807) is 0 Å². The van der Waals surface area contributed by atoms with Crippen LogP contribution in [-0.2, 0) is 0 Å². The Labute approximate surface area is 105 Å². The third kappa shape index (κ3) is 3.12. The van der Waals surface area contributed by atoms with Crippen molar-refractivity contribution < 1.29 is 10.2 Å².